The fourth-order valence-electron chi connectivity index (χ4n) is 1.61. The number of anilines is 2. The molecule has 0 saturated carbocycles. The standard InChI is InChI=1S/C12H20FN3/c1-4-8-14-12-11(13)10(7-9-15-12)16(5-2)6-3/h7,9H,4-6,8H2,1-3H3,(H,14,15). The SMILES string of the molecule is CCCNc1nccc(N(CC)CC)c1F. The van der Waals surface area contributed by atoms with E-state index in [-0.39, 0.29) is 5.82 Å². The third-order valence-corrected chi connectivity index (χ3v) is 2.52. The lowest BCUT2D eigenvalue weighted by Crippen LogP contribution is -2.23. The molecule has 0 aliphatic rings. The second-order valence-electron chi connectivity index (χ2n) is 3.59. The summed E-state index contributed by atoms with van der Waals surface area (Å²) in [6, 6.07) is 1.72. The van der Waals surface area contributed by atoms with Crippen molar-refractivity contribution < 1.29 is 4.39 Å². The summed E-state index contributed by atoms with van der Waals surface area (Å²) in [5.74, 6) is 0.103. The maximum atomic E-state index is 14.1. The maximum Gasteiger partial charge on any atom is 0.188 e. The summed E-state index contributed by atoms with van der Waals surface area (Å²) in [6.45, 7) is 8.41. The minimum atomic E-state index is -0.250. The average Bonchev–Trinajstić information content (AvgIpc) is 2.31. The zero-order valence-electron chi connectivity index (χ0n) is 10.3. The van der Waals surface area contributed by atoms with E-state index in [2.05, 4.69) is 10.3 Å². The predicted octanol–water partition coefficient (Wildman–Crippen LogP) is 2.89. The molecular weight excluding hydrogens is 205 g/mol. The van der Waals surface area contributed by atoms with E-state index in [9.17, 15) is 4.39 Å². The minimum absolute atomic E-state index is 0.250. The molecule has 0 fully saturated rings. The van der Waals surface area contributed by atoms with Crippen LogP contribution in [0, 0.1) is 5.82 Å². The third kappa shape index (κ3) is 2.84. The van der Waals surface area contributed by atoms with E-state index in [4.69, 9.17) is 0 Å². The molecule has 16 heavy (non-hydrogen) atoms. The molecular formula is C12H20FN3. The molecule has 1 aromatic heterocycles. The van der Waals surface area contributed by atoms with Crippen molar-refractivity contribution in [3.8, 4) is 0 Å². The van der Waals surface area contributed by atoms with Gasteiger partial charge in [0.05, 0.1) is 5.69 Å². The van der Waals surface area contributed by atoms with E-state index in [1.165, 1.54) is 0 Å². The van der Waals surface area contributed by atoms with E-state index in [0.29, 0.717) is 11.5 Å². The van der Waals surface area contributed by atoms with Crippen LogP contribution in [0.4, 0.5) is 15.9 Å². The van der Waals surface area contributed by atoms with E-state index in [1.807, 2.05) is 25.7 Å². The smallest absolute Gasteiger partial charge is 0.188 e. The molecule has 0 unspecified atom stereocenters. The van der Waals surface area contributed by atoms with Crippen molar-refractivity contribution in [3.05, 3.63) is 18.1 Å². The van der Waals surface area contributed by atoms with Crippen LogP contribution in [0.15, 0.2) is 12.3 Å². The minimum Gasteiger partial charge on any atom is -0.370 e. The van der Waals surface area contributed by atoms with Crippen LogP contribution in [0.2, 0.25) is 0 Å². The number of hydrogen-bond donors (Lipinski definition) is 1. The second-order valence-corrected chi connectivity index (χ2v) is 3.59. The predicted molar refractivity (Wildman–Crippen MR) is 66.5 cm³/mol. The Morgan fingerprint density at radius 1 is 1.31 bits per heavy atom. The number of halogens is 1. The van der Waals surface area contributed by atoms with Crippen LogP contribution in [-0.4, -0.2) is 24.6 Å². The Balaban J connectivity index is 2.93. The first-order valence-electron chi connectivity index (χ1n) is 5.87. The summed E-state index contributed by atoms with van der Waals surface area (Å²) >= 11 is 0. The van der Waals surface area contributed by atoms with Crippen molar-refractivity contribution in [2.24, 2.45) is 0 Å². The van der Waals surface area contributed by atoms with Gasteiger partial charge in [0.25, 0.3) is 0 Å². The van der Waals surface area contributed by atoms with Gasteiger partial charge < -0.3 is 10.2 Å². The summed E-state index contributed by atoms with van der Waals surface area (Å²) in [5, 5.41) is 2.99. The third-order valence-electron chi connectivity index (χ3n) is 2.52. The average molecular weight is 225 g/mol. The highest BCUT2D eigenvalue weighted by Crippen LogP contribution is 2.23. The zero-order chi connectivity index (χ0) is 12.0. The monoisotopic (exact) mass is 225 g/mol. The van der Waals surface area contributed by atoms with Crippen LogP contribution in [-0.2, 0) is 0 Å². The van der Waals surface area contributed by atoms with Crippen molar-refractivity contribution in [2.75, 3.05) is 29.9 Å². The molecule has 1 rings (SSSR count). The lowest BCUT2D eigenvalue weighted by atomic mass is 10.3. The summed E-state index contributed by atoms with van der Waals surface area (Å²) in [5.41, 5.74) is 0.624. The number of pyridine rings is 1. The molecule has 0 spiro atoms. The summed E-state index contributed by atoms with van der Waals surface area (Å²) in [7, 11) is 0. The molecule has 0 bridgehead atoms. The molecule has 0 aliphatic carbocycles. The lowest BCUT2D eigenvalue weighted by Gasteiger charge is -2.22. The molecule has 4 heteroatoms. The van der Waals surface area contributed by atoms with Crippen molar-refractivity contribution in [3.63, 3.8) is 0 Å². The Bertz CT molecular complexity index is 324. The van der Waals surface area contributed by atoms with Gasteiger partial charge in [0.2, 0.25) is 0 Å². The van der Waals surface area contributed by atoms with E-state index >= 15 is 0 Å². The van der Waals surface area contributed by atoms with Gasteiger partial charge >= 0.3 is 0 Å². The summed E-state index contributed by atoms with van der Waals surface area (Å²) < 4.78 is 14.1. The van der Waals surface area contributed by atoms with Crippen LogP contribution in [0.25, 0.3) is 0 Å². The molecule has 0 radical (unpaired) electrons. The summed E-state index contributed by atoms with van der Waals surface area (Å²) in [6.07, 6.45) is 2.60. The first kappa shape index (κ1) is 12.7. The number of hydrogen-bond acceptors (Lipinski definition) is 3. The molecule has 0 atom stereocenters. The Morgan fingerprint density at radius 3 is 2.56 bits per heavy atom. The molecule has 90 valence electrons. The van der Waals surface area contributed by atoms with Crippen LogP contribution < -0.4 is 10.2 Å². The number of nitrogens with zero attached hydrogens (tertiary/aromatic N) is 2. The Hall–Kier alpha value is -1.32. The quantitative estimate of drug-likeness (QED) is 0.807. The highest BCUT2D eigenvalue weighted by atomic mass is 19.1. The maximum absolute atomic E-state index is 14.1. The normalized spacial score (nSPS) is 10.2. The number of aromatic nitrogens is 1. The van der Waals surface area contributed by atoms with Gasteiger partial charge in [-0.1, -0.05) is 6.92 Å². The van der Waals surface area contributed by atoms with Crippen molar-refractivity contribution in [1.29, 1.82) is 0 Å². The van der Waals surface area contributed by atoms with E-state index < -0.39 is 0 Å². The van der Waals surface area contributed by atoms with Gasteiger partial charge in [0.1, 0.15) is 0 Å². The largest absolute Gasteiger partial charge is 0.370 e. The van der Waals surface area contributed by atoms with Gasteiger partial charge in [0, 0.05) is 25.8 Å². The molecule has 3 nitrogen and oxygen atoms in total. The molecule has 0 aromatic carbocycles. The van der Waals surface area contributed by atoms with E-state index in [1.54, 1.807) is 12.3 Å². The van der Waals surface area contributed by atoms with Crippen LogP contribution >= 0.6 is 0 Å². The Morgan fingerprint density at radius 2 is 2.00 bits per heavy atom. The first-order valence-corrected chi connectivity index (χ1v) is 5.87. The van der Waals surface area contributed by atoms with Crippen molar-refractivity contribution >= 4 is 11.5 Å². The lowest BCUT2D eigenvalue weighted by molar-refractivity contribution is 0.616. The van der Waals surface area contributed by atoms with Gasteiger partial charge in [0.15, 0.2) is 11.6 Å². The van der Waals surface area contributed by atoms with Crippen LogP contribution in [0.5, 0.6) is 0 Å². The molecule has 0 aliphatic heterocycles. The van der Waals surface area contributed by atoms with Gasteiger partial charge in [-0.25, -0.2) is 9.37 Å². The van der Waals surface area contributed by atoms with Gasteiger partial charge in [-0.3, -0.25) is 0 Å². The molecule has 0 saturated heterocycles. The van der Waals surface area contributed by atoms with Crippen LogP contribution in [0.1, 0.15) is 27.2 Å². The Kier molecular flexibility index (Phi) is 5.02. The van der Waals surface area contributed by atoms with Gasteiger partial charge in [-0.2, -0.15) is 0 Å². The van der Waals surface area contributed by atoms with Gasteiger partial charge in [-0.05, 0) is 26.3 Å². The Labute approximate surface area is 96.7 Å². The first-order chi connectivity index (χ1) is 7.74. The topological polar surface area (TPSA) is 28.2 Å². The molecule has 1 heterocycles. The number of nitrogens with one attached hydrogen (secondary N) is 1. The zero-order valence-corrected chi connectivity index (χ0v) is 10.3. The van der Waals surface area contributed by atoms with Gasteiger partial charge in [-0.15, -0.1) is 0 Å². The fraction of sp³-hybridized carbons (Fsp3) is 0.583. The molecule has 1 N–H and O–H groups in total. The second kappa shape index (κ2) is 6.30. The highest BCUT2D eigenvalue weighted by molar-refractivity contribution is 5.55. The highest BCUT2D eigenvalue weighted by Gasteiger charge is 2.12. The van der Waals surface area contributed by atoms with Crippen molar-refractivity contribution in [1.82, 2.24) is 4.98 Å². The number of rotatable bonds is 6. The van der Waals surface area contributed by atoms with Crippen LogP contribution in [0.3, 0.4) is 0 Å². The van der Waals surface area contributed by atoms with Crippen molar-refractivity contribution in [2.45, 2.75) is 27.2 Å². The molecule has 0 amide bonds. The van der Waals surface area contributed by atoms with E-state index in [0.717, 1.165) is 26.1 Å². The fourth-order valence-corrected chi connectivity index (χ4v) is 1.61. The molecule has 1 aromatic rings. The summed E-state index contributed by atoms with van der Waals surface area (Å²) in [4.78, 5) is 5.99.